The van der Waals surface area contributed by atoms with Gasteiger partial charge in [-0.05, 0) is 30.7 Å². The Morgan fingerprint density at radius 2 is 1.61 bits per heavy atom. The van der Waals surface area contributed by atoms with Gasteiger partial charge in [0.15, 0.2) is 0 Å². The summed E-state index contributed by atoms with van der Waals surface area (Å²) in [7, 11) is 0. The number of hydrogen-bond donors (Lipinski definition) is 2. The fourth-order valence-corrected chi connectivity index (χ4v) is 1.50. The van der Waals surface area contributed by atoms with Crippen molar-refractivity contribution in [1.82, 2.24) is 9.97 Å². The Kier molecular flexibility index (Phi) is 6.47. The molecule has 1 aromatic heterocycles. The van der Waals surface area contributed by atoms with Crippen molar-refractivity contribution < 1.29 is 0 Å². The van der Waals surface area contributed by atoms with Gasteiger partial charge in [-0.3, -0.25) is 0 Å². The molecule has 0 aliphatic rings. The van der Waals surface area contributed by atoms with Crippen LogP contribution in [0, 0.1) is 11.8 Å². The van der Waals surface area contributed by atoms with Crippen molar-refractivity contribution in [3.8, 4) is 0 Å². The largest absolute Gasteiger partial charge is 0.370 e. The first-order chi connectivity index (χ1) is 8.58. The Labute approximate surface area is 111 Å². The molecule has 0 atom stereocenters. The van der Waals surface area contributed by atoms with Crippen molar-refractivity contribution in [3.05, 3.63) is 12.3 Å². The number of rotatable bonds is 8. The van der Waals surface area contributed by atoms with Crippen LogP contribution in [0.5, 0.6) is 0 Å². The zero-order valence-corrected chi connectivity index (χ0v) is 12.0. The zero-order chi connectivity index (χ0) is 13.4. The maximum absolute atomic E-state index is 4.43. The summed E-state index contributed by atoms with van der Waals surface area (Å²) < 4.78 is 0. The van der Waals surface area contributed by atoms with E-state index in [9.17, 15) is 0 Å². The highest BCUT2D eigenvalue weighted by atomic mass is 15.1. The normalized spacial score (nSPS) is 11.0. The molecule has 1 heterocycles. The third kappa shape index (κ3) is 6.42. The summed E-state index contributed by atoms with van der Waals surface area (Å²) in [6, 6.07) is 1.91. The van der Waals surface area contributed by atoms with Crippen LogP contribution in [0.4, 0.5) is 11.8 Å². The highest BCUT2D eigenvalue weighted by Crippen LogP contribution is 2.08. The Hall–Kier alpha value is -1.32. The lowest BCUT2D eigenvalue weighted by Gasteiger charge is -2.10. The molecule has 0 aliphatic heterocycles. The monoisotopic (exact) mass is 250 g/mol. The predicted octanol–water partition coefficient (Wildman–Crippen LogP) is 3.39. The number of hydrogen-bond acceptors (Lipinski definition) is 4. The van der Waals surface area contributed by atoms with E-state index >= 15 is 0 Å². The Balaban J connectivity index is 2.36. The van der Waals surface area contributed by atoms with Gasteiger partial charge in [-0.2, -0.15) is 4.98 Å². The van der Waals surface area contributed by atoms with E-state index in [0.29, 0.717) is 17.8 Å². The van der Waals surface area contributed by atoms with Crippen LogP contribution in [0.25, 0.3) is 0 Å². The molecule has 18 heavy (non-hydrogen) atoms. The summed E-state index contributed by atoms with van der Waals surface area (Å²) in [6.07, 6.45) is 4.08. The number of anilines is 2. The fourth-order valence-electron chi connectivity index (χ4n) is 1.50. The maximum atomic E-state index is 4.43. The minimum atomic E-state index is 0.699. The molecule has 0 saturated carbocycles. The van der Waals surface area contributed by atoms with Crippen LogP contribution in [0.3, 0.4) is 0 Å². The van der Waals surface area contributed by atoms with Crippen LogP contribution >= 0.6 is 0 Å². The average molecular weight is 250 g/mol. The molecular formula is C14H26N4. The molecule has 0 radical (unpaired) electrons. The van der Waals surface area contributed by atoms with Gasteiger partial charge >= 0.3 is 0 Å². The zero-order valence-electron chi connectivity index (χ0n) is 12.0. The van der Waals surface area contributed by atoms with Gasteiger partial charge in [-0.1, -0.05) is 27.7 Å². The minimum Gasteiger partial charge on any atom is -0.370 e. The smallest absolute Gasteiger partial charge is 0.224 e. The van der Waals surface area contributed by atoms with E-state index in [1.807, 2.05) is 6.07 Å². The van der Waals surface area contributed by atoms with Crippen LogP contribution in [-0.4, -0.2) is 23.1 Å². The van der Waals surface area contributed by atoms with Gasteiger partial charge in [0.1, 0.15) is 5.82 Å². The quantitative estimate of drug-likeness (QED) is 0.742. The summed E-state index contributed by atoms with van der Waals surface area (Å²) in [5.41, 5.74) is 0. The maximum Gasteiger partial charge on any atom is 0.224 e. The van der Waals surface area contributed by atoms with Gasteiger partial charge in [-0.15, -0.1) is 0 Å². The second-order valence-electron chi connectivity index (χ2n) is 5.48. The fraction of sp³-hybridized carbons (Fsp3) is 0.714. The molecule has 0 aromatic carbocycles. The molecule has 0 amide bonds. The average Bonchev–Trinajstić information content (AvgIpc) is 2.28. The van der Waals surface area contributed by atoms with E-state index in [-0.39, 0.29) is 0 Å². The second-order valence-corrected chi connectivity index (χ2v) is 5.48. The molecule has 0 bridgehead atoms. The SMILES string of the molecule is CC(C)CCNc1ccnc(NCCC(C)C)n1. The number of nitrogens with one attached hydrogen (secondary N) is 2. The van der Waals surface area contributed by atoms with Crippen molar-refractivity contribution in [3.63, 3.8) is 0 Å². The van der Waals surface area contributed by atoms with Crippen LogP contribution in [0.1, 0.15) is 40.5 Å². The van der Waals surface area contributed by atoms with Crippen molar-refractivity contribution in [2.24, 2.45) is 11.8 Å². The molecule has 0 spiro atoms. The third-order valence-electron chi connectivity index (χ3n) is 2.69. The molecule has 1 aromatic rings. The molecule has 2 N–H and O–H groups in total. The molecule has 0 unspecified atom stereocenters. The first kappa shape index (κ1) is 14.7. The van der Waals surface area contributed by atoms with Crippen molar-refractivity contribution >= 4 is 11.8 Å². The second kappa shape index (κ2) is 7.90. The first-order valence-electron chi connectivity index (χ1n) is 6.88. The lowest BCUT2D eigenvalue weighted by atomic mass is 10.1. The van der Waals surface area contributed by atoms with Crippen LogP contribution in [0.15, 0.2) is 12.3 Å². The Morgan fingerprint density at radius 3 is 2.22 bits per heavy atom. The van der Waals surface area contributed by atoms with E-state index in [0.717, 1.165) is 31.7 Å². The van der Waals surface area contributed by atoms with Crippen LogP contribution in [-0.2, 0) is 0 Å². The number of aromatic nitrogens is 2. The van der Waals surface area contributed by atoms with E-state index < -0.39 is 0 Å². The lowest BCUT2D eigenvalue weighted by molar-refractivity contribution is 0.605. The molecule has 0 saturated heterocycles. The molecule has 0 aliphatic carbocycles. The van der Waals surface area contributed by atoms with Gasteiger partial charge in [0.2, 0.25) is 5.95 Å². The summed E-state index contributed by atoms with van der Waals surface area (Å²) in [6.45, 7) is 10.8. The van der Waals surface area contributed by atoms with Gasteiger partial charge in [0, 0.05) is 19.3 Å². The summed E-state index contributed by atoms with van der Waals surface area (Å²) >= 11 is 0. The molecule has 4 nitrogen and oxygen atoms in total. The number of nitrogens with zero attached hydrogens (tertiary/aromatic N) is 2. The van der Waals surface area contributed by atoms with E-state index in [4.69, 9.17) is 0 Å². The van der Waals surface area contributed by atoms with Crippen LogP contribution < -0.4 is 10.6 Å². The van der Waals surface area contributed by atoms with E-state index in [1.165, 1.54) is 0 Å². The van der Waals surface area contributed by atoms with E-state index in [1.54, 1.807) is 6.20 Å². The summed E-state index contributed by atoms with van der Waals surface area (Å²) in [5.74, 6) is 3.02. The molecule has 4 heteroatoms. The summed E-state index contributed by atoms with van der Waals surface area (Å²) in [5, 5.41) is 6.58. The van der Waals surface area contributed by atoms with Gasteiger partial charge in [-0.25, -0.2) is 4.98 Å². The van der Waals surface area contributed by atoms with Crippen LogP contribution in [0.2, 0.25) is 0 Å². The standard InChI is InChI=1S/C14H26N4/c1-11(2)5-8-15-13-7-10-17-14(18-13)16-9-6-12(3)4/h7,10-12H,5-6,8-9H2,1-4H3,(H2,15,16,17,18). The molecule has 1 rings (SSSR count). The third-order valence-corrected chi connectivity index (χ3v) is 2.69. The predicted molar refractivity (Wildman–Crippen MR) is 77.9 cm³/mol. The van der Waals surface area contributed by atoms with Crippen molar-refractivity contribution in [1.29, 1.82) is 0 Å². The van der Waals surface area contributed by atoms with Gasteiger partial charge in [0.05, 0.1) is 0 Å². The van der Waals surface area contributed by atoms with Gasteiger partial charge < -0.3 is 10.6 Å². The first-order valence-corrected chi connectivity index (χ1v) is 6.88. The molecule has 102 valence electrons. The van der Waals surface area contributed by atoms with Crippen molar-refractivity contribution in [2.75, 3.05) is 23.7 Å². The van der Waals surface area contributed by atoms with Crippen molar-refractivity contribution in [2.45, 2.75) is 40.5 Å². The molecule has 0 fully saturated rings. The highest BCUT2D eigenvalue weighted by Gasteiger charge is 2.00. The lowest BCUT2D eigenvalue weighted by Crippen LogP contribution is -2.10. The Bertz CT molecular complexity index is 307. The van der Waals surface area contributed by atoms with Gasteiger partial charge in [0.25, 0.3) is 0 Å². The topological polar surface area (TPSA) is 49.8 Å². The molecular weight excluding hydrogens is 224 g/mol. The summed E-state index contributed by atoms with van der Waals surface area (Å²) in [4.78, 5) is 8.65. The Morgan fingerprint density at radius 1 is 1.00 bits per heavy atom. The minimum absolute atomic E-state index is 0.699. The highest BCUT2D eigenvalue weighted by molar-refractivity contribution is 5.39. The van der Waals surface area contributed by atoms with E-state index in [2.05, 4.69) is 48.3 Å².